The number of rotatable bonds is 4. The molecule has 0 spiro atoms. The quantitative estimate of drug-likeness (QED) is 0.828. The molecule has 0 bridgehead atoms. The summed E-state index contributed by atoms with van der Waals surface area (Å²) >= 11 is 0. The first-order chi connectivity index (χ1) is 12.7. The molecular formula is C20H21NO6. The molecule has 0 amide bonds. The monoisotopic (exact) mass is 371 g/mol. The highest BCUT2D eigenvalue weighted by atomic mass is 16.5. The van der Waals surface area contributed by atoms with Gasteiger partial charge in [-0.1, -0.05) is 19.4 Å². The van der Waals surface area contributed by atoms with Crippen molar-refractivity contribution in [3.63, 3.8) is 0 Å². The summed E-state index contributed by atoms with van der Waals surface area (Å²) in [5.41, 5.74) is 0.530. The second-order valence-corrected chi connectivity index (χ2v) is 7.21. The molecule has 2 aromatic rings. The van der Waals surface area contributed by atoms with Crippen molar-refractivity contribution in [3.05, 3.63) is 49.2 Å². The van der Waals surface area contributed by atoms with Crippen molar-refractivity contribution in [1.82, 2.24) is 4.98 Å². The number of hydrogen-bond acceptors (Lipinski definition) is 6. The van der Waals surface area contributed by atoms with Gasteiger partial charge in [0.15, 0.2) is 16.8 Å². The number of carbonyl (C=O) groups excluding carboxylic acids is 2. The van der Waals surface area contributed by atoms with E-state index in [1.165, 1.54) is 0 Å². The van der Waals surface area contributed by atoms with Gasteiger partial charge in [-0.25, -0.2) is 4.79 Å². The number of H-pyrrole nitrogens is 1. The van der Waals surface area contributed by atoms with Gasteiger partial charge in [0, 0.05) is 12.5 Å². The SMILES string of the molecule is CC1=C(C)c2[nH]c(=O)c3c(=O)cc(C(=O)OCCC(C)C)oc3c2C(=O)C1. The molecule has 0 saturated carbocycles. The van der Waals surface area contributed by atoms with Crippen LogP contribution >= 0.6 is 0 Å². The van der Waals surface area contributed by atoms with E-state index in [4.69, 9.17) is 9.15 Å². The Balaban J connectivity index is 2.18. The maximum atomic E-state index is 12.6. The molecule has 7 heteroatoms. The van der Waals surface area contributed by atoms with Gasteiger partial charge in [-0.3, -0.25) is 14.4 Å². The summed E-state index contributed by atoms with van der Waals surface area (Å²) in [5.74, 6) is -1.04. The fourth-order valence-electron chi connectivity index (χ4n) is 3.02. The number of allylic oxidation sites excluding steroid dienone is 2. The molecule has 1 aliphatic carbocycles. The van der Waals surface area contributed by atoms with Crippen LogP contribution in [0.1, 0.15) is 67.1 Å². The number of fused-ring (bicyclic) bond motifs is 3. The molecule has 27 heavy (non-hydrogen) atoms. The summed E-state index contributed by atoms with van der Waals surface area (Å²) in [5, 5.41) is -0.270. The van der Waals surface area contributed by atoms with Crippen LogP contribution in [-0.4, -0.2) is 23.3 Å². The van der Waals surface area contributed by atoms with Gasteiger partial charge >= 0.3 is 5.97 Å². The zero-order valence-corrected chi connectivity index (χ0v) is 15.7. The zero-order chi connectivity index (χ0) is 19.9. The van der Waals surface area contributed by atoms with Gasteiger partial charge in [-0.2, -0.15) is 0 Å². The number of aromatic amines is 1. The Kier molecular flexibility index (Phi) is 4.87. The largest absolute Gasteiger partial charge is 0.460 e. The summed E-state index contributed by atoms with van der Waals surface area (Å²) in [6.07, 6.45) is 0.827. The van der Waals surface area contributed by atoms with Crippen molar-refractivity contribution in [2.45, 2.75) is 40.5 Å². The molecule has 0 saturated heterocycles. The van der Waals surface area contributed by atoms with Crippen molar-refractivity contribution >= 4 is 28.3 Å². The van der Waals surface area contributed by atoms with Gasteiger partial charge in [-0.15, -0.1) is 0 Å². The van der Waals surface area contributed by atoms with E-state index >= 15 is 0 Å². The minimum atomic E-state index is -0.796. The maximum absolute atomic E-state index is 12.6. The van der Waals surface area contributed by atoms with Crippen LogP contribution in [0.4, 0.5) is 0 Å². The lowest BCUT2D eigenvalue weighted by Crippen LogP contribution is -2.24. The third kappa shape index (κ3) is 3.37. The van der Waals surface area contributed by atoms with E-state index in [0.29, 0.717) is 18.0 Å². The normalized spacial score (nSPS) is 14.0. The number of aromatic nitrogens is 1. The van der Waals surface area contributed by atoms with Crippen molar-refractivity contribution in [2.75, 3.05) is 6.61 Å². The highest BCUT2D eigenvalue weighted by Gasteiger charge is 2.28. The van der Waals surface area contributed by atoms with Crippen LogP contribution in [0, 0.1) is 5.92 Å². The third-order valence-corrected chi connectivity index (χ3v) is 4.74. The first-order valence-corrected chi connectivity index (χ1v) is 8.81. The van der Waals surface area contributed by atoms with Crippen molar-refractivity contribution in [2.24, 2.45) is 5.92 Å². The van der Waals surface area contributed by atoms with Gasteiger partial charge in [0.05, 0.1) is 17.9 Å². The summed E-state index contributed by atoms with van der Waals surface area (Å²) in [6, 6.07) is 0.933. The Morgan fingerprint density at radius 3 is 2.63 bits per heavy atom. The van der Waals surface area contributed by atoms with Crippen LogP contribution in [0.25, 0.3) is 16.5 Å². The Hall–Kier alpha value is -2.96. The topological polar surface area (TPSA) is 106 Å². The van der Waals surface area contributed by atoms with Gasteiger partial charge in [0.25, 0.3) is 5.56 Å². The highest BCUT2D eigenvalue weighted by Crippen LogP contribution is 2.32. The second-order valence-electron chi connectivity index (χ2n) is 7.21. The Morgan fingerprint density at radius 1 is 1.26 bits per heavy atom. The van der Waals surface area contributed by atoms with Gasteiger partial charge < -0.3 is 14.1 Å². The van der Waals surface area contributed by atoms with E-state index in [9.17, 15) is 19.2 Å². The first-order valence-electron chi connectivity index (χ1n) is 8.81. The minimum Gasteiger partial charge on any atom is -0.460 e. The van der Waals surface area contributed by atoms with E-state index in [0.717, 1.165) is 17.2 Å². The molecule has 142 valence electrons. The summed E-state index contributed by atoms with van der Waals surface area (Å²) in [6.45, 7) is 7.76. The van der Waals surface area contributed by atoms with Crippen LogP contribution in [0.15, 0.2) is 25.6 Å². The molecule has 0 aromatic carbocycles. The van der Waals surface area contributed by atoms with Crippen LogP contribution in [-0.2, 0) is 4.74 Å². The Morgan fingerprint density at radius 2 is 1.96 bits per heavy atom. The van der Waals surface area contributed by atoms with Crippen molar-refractivity contribution < 1.29 is 18.7 Å². The molecule has 0 radical (unpaired) electrons. The number of ketones is 1. The lowest BCUT2D eigenvalue weighted by molar-refractivity contribution is 0.0452. The zero-order valence-electron chi connectivity index (χ0n) is 15.7. The molecule has 7 nitrogen and oxygen atoms in total. The highest BCUT2D eigenvalue weighted by molar-refractivity contribution is 6.12. The molecule has 2 aromatic heterocycles. The Bertz CT molecular complexity index is 1100. The van der Waals surface area contributed by atoms with Crippen LogP contribution < -0.4 is 11.0 Å². The smallest absolute Gasteiger partial charge is 0.374 e. The number of hydrogen-bond donors (Lipinski definition) is 1. The lowest BCUT2D eigenvalue weighted by Gasteiger charge is -2.18. The van der Waals surface area contributed by atoms with Crippen LogP contribution in [0.5, 0.6) is 0 Å². The maximum Gasteiger partial charge on any atom is 0.374 e. The number of carbonyl (C=O) groups is 2. The van der Waals surface area contributed by atoms with Gasteiger partial charge in [-0.05, 0) is 31.8 Å². The minimum absolute atomic E-state index is 0.127. The van der Waals surface area contributed by atoms with Crippen LogP contribution in [0.2, 0.25) is 0 Å². The molecule has 2 heterocycles. The number of ether oxygens (including phenoxy) is 1. The van der Waals surface area contributed by atoms with Crippen LogP contribution in [0.3, 0.4) is 0 Å². The first kappa shape index (κ1) is 18.8. The predicted molar refractivity (Wildman–Crippen MR) is 100 cm³/mol. The number of nitrogens with one attached hydrogen (secondary N) is 1. The summed E-state index contributed by atoms with van der Waals surface area (Å²) < 4.78 is 10.7. The molecule has 0 aliphatic heterocycles. The van der Waals surface area contributed by atoms with Crippen molar-refractivity contribution in [3.8, 4) is 0 Å². The third-order valence-electron chi connectivity index (χ3n) is 4.74. The van der Waals surface area contributed by atoms with E-state index in [-0.39, 0.29) is 41.1 Å². The predicted octanol–water partition coefficient (Wildman–Crippen LogP) is 3.06. The second kappa shape index (κ2) is 6.98. The van der Waals surface area contributed by atoms with Gasteiger partial charge in [0.2, 0.25) is 5.76 Å². The van der Waals surface area contributed by atoms with E-state index in [2.05, 4.69) is 4.98 Å². The summed E-state index contributed by atoms with van der Waals surface area (Å²) in [4.78, 5) is 52.2. The van der Waals surface area contributed by atoms with Crippen molar-refractivity contribution in [1.29, 1.82) is 0 Å². The molecule has 1 N–H and O–H groups in total. The fourth-order valence-corrected chi connectivity index (χ4v) is 3.02. The average Bonchev–Trinajstić information content (AvgIpc) is 2.58. The average molecular weight is 371 g/mol. The number of esters is 1. The Labute approximate surface area is 155 Å². The fraction of sp³-hybridized carbons (Fsp3) is 0.400. The van der Waals surface area contributed by atoms with Gasteiger partial charge in [0.1, 0.15) is 5.39 Å². The molecule has 3 rings (SSSR count). The summed E-state index contributed by atoms with van der Waals surface area (Å²) in [7, 11) is 0. The number of pyridine rings is 1. The lowest BCUT2D eigenvalue weighted by atomic mass is 9.89. The molecule has 0 unspecified atom stereocenters. The molecule has 1 aliphatic rings. The van der Waals surface area contributed by atoms with E-state index in [1.807, 2.05) is 13.8 Å². The molecular weight excluding hydrogens is 350 g/mol. The van der Waals surface area contributed by atoms with E-state index < -0.39 is 17.0 Å². The molecule has 0 fully saturated rings. The standard InChI is InChI=1S/C20H21NO6/c1-9(2)5-6-26-20(25)14-8-13(23)16-18(27-14)15-12(22)7-10(3)11(4)17(15)21-19(16)24/h8-9H,5-7H2,1-4H3,(H,21,24). The number of Topliss-reactive ketones (excluding diaryl/α,β-unsaturated/α-hetero) is 1. The molecule has 0 atom stereocenters. The van der Waals surface area contributed by atoms with E-state index in [1.54, 1.807) is 13.8 Å².